The molecule has 0 bridgehead atoms. The Morgan fingerprint density at radius 2 is 2.15 bits per heavy atom. The minimum absolute atomic E-state index is 0.0568. The van der Waals surface area contributed by atoms with Crippen LogP contribution in [0.4, 0.5) is 17.3 Å². The van der Waals surface area contributed by atoms with Crippen LogP contribution >= 0.6 is 0 Å². The van der Waals surface area contributed by atoms with E-state index in [4.69, 9.17) is 9.72 Å². The van der Waals surface area contributed by atoms with Gasteiger partial charge in [0.2, 0.25) is 5.91 Å². The highest BCUT2D eigenvalue weighted by atomic mass is 16.5. The van der Waals surface area contributed by atoms with Gasteiger partial charge in [0.15, 0.2) is 0 Å². The summed E-state index contributed by atoms with van der Waals surface area (Å²) in [7, 11) is 3.64. The third-order valence-electron chi connectivity index (χ3n) is 5.98. The Morgan fingerprint density at radius 1 is 1.27 bits per heavy atom. The van der Waals surface area contributed by atoms with Gasteiger partial charge in [-0.2, -0.15) is 0 Å². The van der Waals surface area contributed by atoms with Gasteiger partial charge in [-0.25, -0.2) is 9.97 Å². The van der Waals surface area contributed by atoms with Gasteiger partial charge in [0.05, 0.1) is 31.2 Å². The summed E-state index contributed by atoms with van der Waals surface area (Å²) >= 11 is 0. The van der Waals surface area contributed by atoms with E-state index in [2.05, 4.69) is 20.2 Å². The first-order chi connectivity index (χ1) is 16.0. The number of amides is 1. The van der Waals surface area contributed by atoms with Gasteiger partial charge < -0.3 is 19.9 Å². The normalized spacial score (nSPS) is 15.4. The molecule has 1 aliphatic heterocycles. The Kier molecular flexibility index (Phi) is 7.02. The van der Waals surface area contributed by atoms with Crippen molar-refractivity contribution in [2.24, 2.45) is 0 Å². The van der Waals surface area contributed by atoms with Crippen LogP contribution in [0.25, 0.3) is 0 Å². The van der Waals surface area contributed by atoms with Gasteiger partial charge in [0, 0.05) is 44.5 Å². The molecule has 1 aliphatic rings. The van der Waals surface area contributed by atoms with Crippen molar-refractivity contribution in [2.75, 3.05) is 37.5 Å². The average Bonchev–Trinajstić information content (AvgIpc) is 3.34. The lowest BCUT2D eigenvalue weighted by molar-refractivity contribution is -0.132. The van der Waals surface area contributed by atoms with Crippen LogP contribution in [0.3, 0.4) is 0 Å². The molecule has 1 fully saturated rings. The topological polar surface area (TPSA) is 83.5 Å². The van der Waals surface area contributed by atoms with Crippen molar-refractivity contribution in [2.45, 2.75) is 32.2 Å². The lowest BCUT2D eigenvalue weighted by Gasteiger charge is -2.26. The molecule has 0 saturated carbocycles. The van der Waals surface area contributed by atoms with Crippen LogP contribution in [0, 0.1) is 6.92 Å². The van der Waals surface area contributed by atoms with E-state index in [9.17, 15) is 4.79 Å². The van der Waals surface area contributed by atoms with Crippen molar-refractivity contribution in [3.8, 4) is 5.75 Å². The lowest BCUT2D eigenvalue weighted by atomic mass is 10.1. The first-order valence-corrected chi connectivity index (χ1v) is 11.2. The fourth-order valence-corrected chi connectivity index (χ4v) is 4.10. The molecule has 2 aromatic heterocycles. The van der Waals surface area contributed by atoms with E-state index in [1.807, 2.05) is 55.3 Å². The number of nitrogens with zero attached hydrogens (tertiary/aromatic N) is 5. The number of hydrogen-bond acceptors (Lipinski definition) is 7. The third-order valence-corrected chi connectivity index (χ3v) is 5.98. The second kappa shape index (κ2) is 10.3. The quantitative estimate of drug-likeness (QED) is 0.557. The van der Waals surface area contributed by atoms with Crippen molar-refractivity contribution >= 4 is 23.2 Å². The van der Waals surface area contributed by atoms with Gasteiger partial charge in [0.1, 0.15) is 17.4 Å². The highest BCUT2D eigenvalue weighted by molar-refractivity contribution is 5.77. The molecule has 1 aromatic carbocycles. The molecule has 0 unspecified atom stereocenters. The highest BCUT2D eigenvalue weighted by Gasteiger charge is 2.31. The van der Waals surface area contributed by atoms with Crippen LogP contribution in [0.15, 0.2) is 55.0 Å². The number of aromatic nitrogens is 3. The zero-order valence-corrected chi connectivity index (χ0v) is 19.4. The van der Waals surface area contributed by atoms with Gasteiger partial charge >= 0.3 is 0 Å². The number of ether oxygens (including phenoxy) is 1. The Hall–Kier alpha value is -3.68. The number of anilines is 3. The number of aryl methyl sites for hydroxylation is 1. The number of likely N-dealkylation sites (tertiary alicyclic amines) is 1. The molecule has 1 saturated heterocycles. The van der Waals surface area contributed by atoms with E-state index in [0.29, 0.717) is 18.8 Å². The van der Waals surface area contributed by atoms with Crippen LogP contribution in [-0.2, 0) is 4.79 Å². The van der Waals surface area contributed by atoms with E-state index < -0.39 is 0 Å². The number of nitrogens with one attached hydrogen (secondary N) is 1. The second-order valence-electron chi connectivity index (χ2n) is 8.24. The summed E-state index contributed by atoms with van der Waals surface area (Å²) in [6, 6.07) is 11.7. The first-order valence-electron chi connectivity index (χ1n) is 11.2. The molecule has 8 heteroatoms. The smallest absolute Gasteiger partial charge is 0.224 e. The van der Waals surface area contributed by atoms with Gasteiger partial charge in [-0.05, 0) is 43.5 Å². The molecular weight excluding hydrogens is 416 g/mol. The van der Waals surface area contributed by atoms with Gasteiger partial charge in [-0.3, -0.25) is 9.78 Å². The summed E-state index contributed by atoms with van der Waals surface area (Å²) < 4.78 is 5.30. The van der Waals surface area contributed by atoms with Gasteiger partial charge in [-0.15, -0.1) is 0 Å². The number of carbonyl (C=O) groups is 1. The fraction of sp³-hybridized carbons (Fsp3) is 0.360. The molecule has 8 nitrogen and oxygen atoms in total. The number of pyridine rings is 1. The Bertz CT molecular complexity index is 1110. The van der Waals surface area contributed by atoms with Crippen molar-refractivity contribution in [1.82, 2.24) is 19.9 Å². The number of carbonyl (C=O) groups excluding carboxylic acids is 1. The average molecular weight is 447 g/mol. The van der Waals surface area contributed by atoms with Crippen LogP contribution in [0.1, 0.15) is 36.6 Å². The number of rotatable bonds is 8. The molecule has 3 aromatic rings. The van der Waals surface area contributed by atoms with E-state index in [1.54, 1.807) is 25.7 Å². The standard InChI is InChI=1S/C25H30N6O2/c1-18-7-5-12-27-25(18)29-23-17-26-16-21(28-23)22-10-6-13-31(22)24(32)11-14-30(2)19-8-4-9-20(15-19)33-3/h4-5,7-9,12,15-17,22H,6,10-11,13-14H2,1-3H3,(H,27,28,29)/t22-/m0/s1. The maximum absolute atomic E-state index is 13.1. The zero-order valence-electron chi connectivity index (χ0n) is 19.4. The maximum Gasteiger partial charge on any atom is 0.224 e. The van der Waals surface area contributed by atoms with Crippen molar-refractivity contribution in [3.63, 3.8) is 0 Å². The van der Waals surface area contributed by atoms with Gasteiger partial charge in [0.25, 0.3) is 0 Å². The summed E-state index contributed by atoms with van der Waals surface area (Å²) in [5.41, 5.74) is 2.86. The number of benzene rings is 1. The molecule has 33 heavy (non-hydrogen) atoms. The summed E-state index contributed by atoms with van der Waals surface area (Å²) in [6.45, 7) is 3.36. The molecule has 172 valence electrons. The molecule has 0 aliphatic carbocycles. The molecule has 1 N–H and O–H groups in total. The van der Waals surface area contributed by atoms with Gasteiger partial charge in [-0.1, -0.05) is 12.1 Å². The Labute approximate surface area is 194 Å². The summed E-state index contributed by atoms with van der Waals surface area (Å²) in [5.74, 6) is 2.32. The molecule has 4 rings (SSSR count). The molecule has 1 amide bonds. The molecule has 0 spiro atoms. The molecular formula is C25H30N6O2. The minimum Gasteiger partial charge on any atom is -0.497 e. The van der Waals surface area contributed by atoms with Crippen molar-refractivity contribution in [3.05, 3.63) is 66.2 Å². The molecule has 0 radical (unpaired) electrons. The molecule has 1 atom stereocenters. The summed E-state index contributed by atoms with van der Waals surface area (Å²) in [5, 5.41) is 3.24. The zero-order chi connectivity index (χ0) is 23.2. The highest BCUT2D eigenvalue weighted by Crippen LogP contribution is 2.32. The van der Waals surface area contributed by atoms with Crippen LogP contribution in [0.2, 0.25) is 0 Å². The van der Waals surface area contributed by atoms with E-state index in [0.717, 1.165) is 47.9 Å². The number of methoxy groups -OCH3 is 1. The minimum atomic E-state index is -0.0568. The summed E-state index contributed by atoms with van der Waals surface area (Å²) in [4.78, 5) is 30.6. The predicted molar refractivity (Wildman–Crippen MR) is 129 cm³/mol. The monoisotopic (exact) mass is 446 g/mol. The molecule has 3 heterocycles. The van der Waals surface area contributed by atoms with Crippen LogP contribution < -0.4 is 15.0 Å². The van der Waals surface area contributed by atoms with Crippen molar-refractivity contribution in [1.29, 1.82) is 0 Å². The first kappa shape index (κ1) is 22.5. The Morgan fingerprint density at radius 3 is 2.97 bits per heavy atom. The predicted octanol–water partition coefficient (Wildman–Crippen LogP) is 4.12. The van der Waals surface area contributed by atoms with E-state index >= 15 is 0 Å². The maximum atomic E-state index is 13.1. The Balaban J connectivity index is 1.41. The van der Waals surface area contributed by atoms with Crippen LogP contribution in [0.5, 0.6) is 5.75 Å². The van der Waals surface area contributed by atoms with Crippen LogP contribution in [-0.4, -0.2) is 53.0 Å². The SMILES string of the molecule is COc1cccc(N(C)CCC(=O)N2CCC[C@H]2c2cncc(Nc3ncccc3C)n2)c1. The third kappa shape index (κ3) is 5.39. The largest absolute Gasteiger partial charge is 0.497 e. The second-order valence-corrected chi connectivity index (χ2v) is 8.24. The lowest BCUT2D eigenvalue weighted by Crippen LogP contribution is -2.33. The summed E-state index contributed by atoms with van der Waals surface area (Å²) in [6.07, 6.45) is 7.46. The fourth-order valence-electron chi connectivity index (χ4n) is 4.10. The van der Waals surface area contributed by atoms with E-state index in [-0.39, 0.29) is 11.9 Å². The van der Waals surface area contributed by atoms with E-state index in [1.165, 1.54) is 0 Å². The van der Waals surface area contributed by atoms with Crippen molar-refractivity contribution < 1.29 is 9.53 Å². The number of hydrogen-bond donors (Lipinski definition) is 1.